The van der Waals surface area contributed by atoms with E-state index in [1.165, 1.54) is 25.3 Å². The number of sulfonamides is 1. The Bertz CT molecular complexity index is 1150. The second-order valence-electron chi connectivity index (χ2n) is 9.15. The van der Waals surface area contributed by atoms with Gasteiger partial charge in [0, 0.05) is 13.2 Å². The summed E-state index contributed by atoms with van der Waals surface area (Å²) in [6.45, 7) is 8.28. The fraction of sp³-hybridized carbons (Fsp3) is 0.481. The number of ether oxygens (including phenoxy) is 5. The summed E-state index contributed by atoms with van der Waals surface area (Å²) in [5, 5.41) is 0. The van der Waals surface area contributed by atoms with E-state index in [0.717, 1.165) is 9.87 Å². The van der Waals surface area contributed by atoms with Crippen molar-refractivity contribution in [3.63, 3.8) is 0 Å². The van der Waals surface area contributed by atoms with Gasteiger partial charge in [0.15, 0.2) is 6.29 Å². The van der Waals surface area contributed by atoms with Gasteiger partial charge in [-0.25, -0.2) is 13.2 Å². The third kappa shape index (κ3) is 9.39. The van der Waals surface area contributed by atoms with E-state index in [4.69, 9.17) is 23.7 Å². The van der Waals surface area contributed by atoms with Crippen molar-refractivity contribution in [2.45, 2.75) is 58.0 Å². The minimum atomic E-state index is -4.37. The van der Waals surface area contributed by atoms with E-state index in [1.54, 1.807) is 34.6 Å². The van der Waals surface area contributed by atoms with Crippen LogP contribution in [0.15, 0.2) is 53.4 Å². The maximum absolute atomic E-state index is 14.0. The average Bonchev–Trinajstić information content (AvgIpc) is 2.86. The van der Waals surface area contributed by atoms with Crippen molar-refractivity contribution >= 4 is 22.0 Å². The number of rotatable bonds is 14. The van der Waals surface area contributed by atoms with Crippen molar-refractivity contribution in [1.82, 2.24) is 4.31 Å². The Morgan fingerprint density at radius 1 is 0.974 bits per heavy atom. The topological polar surface area (TPSA) is 118 Å². The highest BCUT2D eigenvalue weighted by Gasteiger charge is 2.34. The van der Waals surface area contributed by atoms with Crippen LogP contribution >= 0.6 is 0 Å². The number of carbonyl (C=O) groups excluding carboxylic acids is 2. The van der Waals surface area contributed by atoms with Gasteiger partial charge in [-0.1, -0.05) is 30.3 Å². The SMILES string of the molecule is CCOC(CN(CC(=O)OC(C)(C)C)S(=O)(=O)c1ccc(C(=O)OC)cc1OCc1ccccc1)OCC. The lowest BCUT2D eigenvalue weighted by Gasteiger charge is -2.28. The first-order chi connectivity index (χ1) is 17.9. The molecule has 0 N–H and O–H groups in total. The molecular formula is C27H37NO9S. The van der Waals surface area contributed by atoms with Crippen molar-refractivity contribution in [3.8, 4) is 5.75 Å². The molecule has 2 aromatic carbocycles. The van der Waals surface area contributed by atoms with Gasteiger partial charge < -0.3 is 23.7 Å². The summed E-state index contributed by atoms with van der Waals surface area (Å²) in [7, 11) is -3.15. The third-order valence-electron chi connectivity index (χ3n) is 5.00. The van der Waals surface area contributed by atoms with E-state index in [-0.39, 0.29) is 42.6 Å². The van der Waals surface area contributed by atoms with Crippen LogP contribution in [-0.2, 0) is 40.4 Å². The molecule has 0 bridgehead atoms. The zero-order valence-corrected chi connectivity index (χ0v) is 23.6. The van der Waals surface area contributed by atoms with E-state index >= 15 is 0 Å². The highest BCUT2D eigenvalue weighted by molar-refractivity contribution is 7.89. The first kappa shape index (κ1) is 31.2. The smallest absolute Gasteiger partial charge is 0.337 e. The lowest BCUT2D eigenvalue weighted by atomic mass is 10.2. The maximum Gasteiger partial charge on any atom is 0.337 e. The standard InChI is InChI=1S/C27H37NO9S/c1-7-34-25(35-8-2)18-28(17-24(29)37-27(3,4)5)38(31,32)23-15-14-21(26(30)33-6)16-22(23)36-19-20-12-10-9-11-13-20/h9-16,25H,7-8,17-19H2,1-6H3. The Morgan fingerprint density at radius 3 is 2.16 bits per heavy atom. The second kappa shape index (κ2) is 14.2. The summed E-state index contributed by atoms with van der Waals surface area (Å²) in [6, 6.07) is 13.0. The van der Waals surface area contributed by atoms with Crippen LogP contribution in [0.5, 0.6) is 5.75 Å². The van der Waals surface area contributed by atoms with Crippen molar-refractivity contribution in [2.75, 3.05) is 33.4 Å². The molecule has 38 heavy (non-hydrogen) atoms. The zero-order valence-electron chi connectivity index (χ0n) is 22.8. The summed E-state index contributed by atoms with van der Waals surface area (Å²) in [5.41, 5.74) is 0.0742. The summed E-state index contributed by atoms with van der Waals surface area (Å²) >= 11 is 0. The molecule has 0 fully saturated rings. The minimum Gasteiger partial charge on any atom is -0.487 e. The molecule has 0 amide bonds. The van der Waals surface area contributed by atoms with Crippen LogP contribution in [-0.4, -0.2) is 70.0 Å². The second-order valence-corrected chi connectivity index (χ2v) is 11.1. The normalized spacial score (nSPS) is 12.0. The zero-order chi connectivity index (χ0) is 28.3. The van der Waals surface area contributed by atoms with Gasteiger partial charge in [0.1, 0.15) is 29.4 Å². The lowest BCUT2D eigenvalue weighted by Crippen LogP contribution is -2.44. The number of esters is 2. The molecule has 0 spiro atoms. The lowest BCUT2D eigenvalue weighted by molar-refractivity contribution is -0.158. The Hall–Kier alpha value is -2.99. The molecule has 210 valence electrons. The van der Waals surface area contributed by atoms with Crippen LogP contribution in [0.4, 0.5) is 0 Å². The van der Waals surface area contributed by atoms with Crippen LogP contribution in [0, 0.1) is 0 Å². The minimum absolute atomic E-state index is 0.0422. The van der Waals surface area contributed by atoms with E-state index in [9.17, 15) is 18.0 Å². The Labute approximate surface area is 224 Å². The van der Waals surface area contributed by atoms with Crippen LogP contribution in [0.25, 0.3) is 0 Å². The van der Waals surface area contributed by atoms with Gasteiger partial charge in [-0.2, -0.15) is 4.31 Å². The number of carbonyl (C=O) groups is 2. The molecule has 10 nitrogen and oxygen atoms in total. The number of methoxy groups -OCH3 is 1. The molecular weight excluding hydrogens is 514 g/mol. The number of hydrogen-bond acceptors (Lipinski definition) is 9. The summed E-state index contributed by atoms with van der Waals surface area (Å²) in [5.74, 6) is -1.47. The van der Waals surface area contributed by atoms with Gasteiger partial charge in [-0.3, -0.25) is 4.79 Å². The van der Waals surface area contributed by atoms with Crippen molar-refractivity contribution < 1.29 is 41.7 Å². The molecule has 0 unspecified atom stereocenters. The molecule has 0 saturated heterocycles. The Balaban J connectivity index is 2.53. The van der Waals surface area contributed by atoms with E-state index in [2.05, 4.69) is 0 Å². The van der Waals surface area contributed by atoms with Gasteiger partial charge in [-0.05, 0) is 58.4 Å². The predicted octanol–water partition coefficient (Wildman–Crippen LogP) is 3.78. The van der Waals surface area contributed by atoms with Crippen molar-refractivity contribution in [1.29, 1.82) is 0 Å². The third-order valence-corrected chi connectivity index (χ3v) is 6.85. The van der Waals surface area contributed by atoms with Gasteiger partial charge in [0.2, 0.25) is 10.0 Å². The van der Waals surface area contributed by atoms with Gasteiger partial charge in [0.05, 0.1) is 19.2 Å². The number of nitrogens with zero attached hydrogens (tertiary/aromatic N) is 1. The molecule has 11 heteroatoms. The average molecular weight is 552 g/mol. The number of benzene rings is 2. The molecule has 0 aromatic heterocycles. The first-order valence-corrected chi connectivity index (χ1v) is 13.7. The Morgan fingerprint density at radius 2 is 1.61 bits per heavy atom. The van der Waals surface area contributed by atoms with Gasteiger partial charge >= 0.3 is 11.9 Å². The van der Waals surface area contributed by atoms with E-state index in [0.29, 0.717) is 0 Å². The molecule has 2 aromatic rings. The first-order valence-electron chi connectivity index (χ1n) is 12.3. The fourth-order valence-corrected chi connectivity index (χ4v) is 4.89. The van der Waals surface area contributed by atoms with Crippen LogP contribution in [0.1, 0.15) is 50.5 Å². The van der Waals surface area contributed by atoms with E-state index < -0.39 is 40.4 Å². The molecule has 2 rings (SSSR count). The molecule has 0 aliphatic carbocycles. The molecule has 0 atom stereocenters. The largest absolute Gasteiger partial charge is 0.487 e. The molecule has 0 radical (unpaired) electrons. The maximum atomic E-state index is 14.0. The summed E-state index contributed by atoms with van der Waals surface area (Å²) < 4.78 is 56.0. The van der Waals surface area contributed by atoms with Crippen LogP contribution in [0.3, 0.4) is 0 Å². The number of hydrogen-bond donors (Lipinski definition) is 0. The van der Waals surface area contributed by atoms with Crippen LogP contribution in [0.2, 0.25) is 0 Å². The van der Waals surface area contributed by atoms with Gasteiger partial charge in [0.25, 0.3) is 0 Å². The highest BCUT2D eigenvalue weighted by Crippen LogP contribution is 2.30. The van der Waals surface area contributed by atoms with Crippen molar-refractivity contribution in [3.05, 3.63) is 59.7 Å². The molecule has 0 saturated carbocycles. The van der Waals surface area contributed by atoms with Gasteiger partial charge in [-0.15, -0.1) is 0 Å². The highest BCUT2D eigenvalue weighted by atomic mass is 32.2. The predicted molar refractivity (Wildman–Crippen MR) is 140 cm³/mol. The fourth-order valence-electron chi connectivity index (χ4n) is 3.41. The Kier molecular flexibility index (Phi) is 11.7. The van der Waals surface area contributed by atoms with Crippen molar-refractivity contribution in [2.24, 2.45) is 0 Å². The summed E-state index contributed by atoms with van der Waals surface area (Å²) in [4.78, 5) is 24.7. The quantitative estimate of drug-likeness (QED) is 0.255. The molecule has 0 heterocycles. The van der Waals surface area contributed by atoms with Crippen LogP contribution < -0.4 is 4.74 Å². The molecule has 0 aliphatic heterocycles. The van der Waals surface area contributed by atoms with E-state index in [1.807, 2.05) is 30.3 Å². The monoisotopic (exact) mass is 551 g/mol. The summed E-state index contributed by atoms with van der Waals surface area (Å²) in [6.07, 6.45) is -0.926. The molecule has 0 aliphatic rings.